The number of nitrogens with zero attached hydrogens (tertiary/aromatic N) is 1. The van der Waals surface area contributed by atoms with Crippen molar-refractivity contribution in [2.45, 2.75) is 33.3 Å². The molecule has 2 amide bonds. The van der Waals surface area contributed by atoms with E-state index >= 15 is 0 Å². The predicted molar refractivity (Wildman–Crippen MR) is 106 cm³/mol. The van der Waals surface area contributed by atoms with Gasteiger partial charge in [-0.25, -0.2) is 0 Å². The lowest BCUT2D eigenvalue weighted by Gasteiger charge is -2.21. The minimum absolute atomic E-state index is 0.265. The maximum atomic E-state index is 12.6. The summed E-state index contributed by atoms with van der Waals surface area (Å²) in [5.41, 5.74) is 4.40. The molecule has 0 bridgehead atoms. The summed E-state index contributed by atoms with van der Waals surface area (Å²) >= 11 is 0. The van der Waals surface area contributed by atoms with Gasteiger partial charge >= 0.3 is 5.97 Å². The van der Waals surface area contributed by atoms with Crippen molar-refractivity contribution in [1.29, 1.82) is 0 Å². The van der Waals surface area contributed by atoms with Crippen molar-refractivity contribution in [3.05, 3.63) is 64.7 Å². The molecule has 0 aromatic heterocycles. The molecule has 1 heterocycles. The topological polar surface area (TPSA) is 75.7 Å². The maximum absolute atomic E-state index is 12.6. The Bertz CT molecular complexity index is 902. The Morgan fingerprint density at radius 2 is 1.79 bits per heavy atom. The Balaban J connectivity index is 1.53. The van der Waals surface area contributed by atoms with E-state index in [0.717, 1.165) is 28.8 Å². The van der Waals surface area contributed by atoms with Crippen molar-refractivity contribution in [3.63, 3.8) is 0 Å². The fourth-order valence-electron chi connectivity index (χ4n) is 3.44. The van der Waals surface area contributed by atoms with Gasteiger partial charge in [-0.15, -0.1) is 0 Å². The molecule has 0 unspecified atom stereocenters. The Labute approximate surface area is 164 Å². The van der Waals surface area contributed by atoms with Crippen LogP contribution in [-0.4, -0.2) is 37.0 Å². The lowest BCUT2D eigenvalue weighted by atomic mass is 10.1. The van der Waals surface area contributed by atoms with Gasteiger partial charge < -0.3 is 15.0 Å². The fraction of sp³-hybridized carbons (Fsp3) is 0.318. The third-order valence-electron chi connectivity index (χ3n) is 4.69. The highest BCUT2D eigenvalue weighted by Gasteiger charge is 2.29. The molecule has 1 aliphatic heterocycles. The number of fused-ring (bicyclic) bond motifs is 1. The maximum Gasteiger partial charge on any atom is 0.326 e. The molecule has 6 nitrogen and oxygen atoms in total. The SMILES string of the molecule is Cc1cc(C)cc(C(=O)NCC(=O)O[C@H](C)C(=O)N2CCc3ccccc32)c1. The molecule has 1 aliphatic rings. The first kappa shape index (κ1) is 19.6. The number of carbonyl (C=O) groups excluding carboxylic acids is 3. The van der Waals surface area contributed by atoms with Gasteiger partial charge in [0.1, 0.15) is 6.54 Å². The molecule has 2 aromatic rings. The van der Waals surface area contributed by atoms with Gasteiger partial charge in [-0.1, -0.05) is 35.4 Å². The summed E-state index contributed by atoms with van der Waals surface area (Å²) in [6.07, 6.45) is -0.133. The van der Waals surface area contributed by atoms with Crippen LogP contribution in [0.4, 0.5) is 5.69 Å². The number of anilines is 1. The van der Waals surface area contributed by atoms with Gasteiger partial charge in [-0.05, 0) is 51.0 Å². The molecule has 146 valence electrons. The molecule has 0 fully saturated rings. The molecule has 0 saturated heterocycles. The van der Waals surface area contributed by atoms with Crippen LogP contribution < -0.4 is 10.2 Å². The fourth-order valence-corrected chi connectivity index (χ4v) is 3.44. The second-order valence-electron chi connectivity index (χ2n) is 7.06. The molecular formula is C22H24N2O4. The second-order valence-corrected chi connectivity index (χ2v) is 7.06. The van der Waals surface area contributed by atoms with Gasteiger partial charge in [0.25, 0.3) is 11.8 Å². The highest BCUT2D eigenvalue weighted by atomic mass is 16.5. The Morgan fingerprint density at radius 3 is 2.50 bits per heavy atom. The Morgan fingerprint density at radius 1 is 1.11 bits per heavy atom. The lowest BCUT2D eigenvalue weighted by Crippen LogP contribution is -2.41. The number of ether oxygens (including phenoxy) is 1. The number of esters is 1. The van der Waals surface area contributed by atoms with Crippen LogP contribution in [0.2, 0.25) is 0 Å². The van der Waals surface area contributed by atoms with Gasteiger partial charge in [0.2, 0.25) is 0 Å². The third kappa shape index (κ3) is 4.39. The number of aryl methyl sites for hydroxylation is 2. The predicted octanol–water partition coefficient (Wildman–Crippen LogP) is 2.55. The molecule has 2 aromatic carbocycles. The summed E-state index contributed by atoms with van der Waals surface area (Å²) in [7, 11) is 0. The average Bonchev–Trinajstić information content (AvgIpc) is 3.08. The number of hydrogen-bond acceptors (Lipinski definition) is 4. The van der Waals surface area contributed by atoms with Crippen molar-refractivity contribution in [2.24, 2.45) is 0 Å². The number of nitrogens with one attached hydrogen (secondary N) is 1. The first-order chi connectivity index (χ1) is 13.3. The van der Waals surface area contributed by atoms with Gasteiger partial charge in [0.05, 0.1) is 0 Å². The van der Waals surface area contributed by atoms with E-state index in [0.29, 0.717) is 12.1 Å². The lowest BCUT2D eigenvalue weighted by molar-refractivity contribution is -0.152. The van der Waals surface area contributed by atoms with Crippen LogP contribution in [0.3, 0.4) is 0 Å². The monoisotopic (exact) mass is 380 g/mol. The highest BCUT2D eigenvalue weighted by molar-refractivity contribution is 5.99. The number of carbonyl (C=O) groups is 3. The molecule has 0 radical (unpaired) electrons. The molecular weight excluding hydrogens is 356 g/mol. The van der Waals surface area contributed by atoms with Crippen LogP contribution in [0.25, 0.3) is 0 Å². The van der Waals surface area contributed by atoms with Crippen molar-refractivity contribution in [1.82, 2.24) is 5.32 Å². The minimum atomic E-state index is -0.920. The van der Waals surface area contributed by atoms with Gasteiger partial charge in [0.15, 0.2) is 6.10 Å². The van der Waals surface area contributed by atoms with Gasteiger partial charge in [-0.2, -0.15) is 0 Å². The molecule has 0 spiro atoms. The average molecular weight is 380 g/mol. The van der Waals surface area contributed by atoms with E-state index in [1.807, 2.05) is 44.2 Å². The number of para-hydroxylation sites is 1. The van der Waals surface area contributed by atoms with Crippen molar-refractivity contribution >= 4 is 23.5 Å². The molecule has 0 aliphatic carbocycles. The first-order valence-corrected chi connectivity index (χ1v) is 9.30. The van der Waals surface area contributed by atoms with Crippen LogP contribution in [0.1, 0.15) is 34.0 Å². The molecule has 0 saturated carbocycles. The molecule has 28 heavy (non-hydrogen) atoms. The number of amides is 2. The van der Waals surface area contributed by atoms with E-state index in [4.69, 9.17) is 4.74 Å². The van der Waals surface area contributed by atoms with Crippen LogP contribution in [0.15, 0.2) is 42.5 Å². The van der Waals surface area contributed by atoms with E-state index in [-0.39, 0.29) is 18.4 Å². The zero-order chi connectivity index (χ0) is 20.3. The number of rotatable bonds is 5. The summed E-state index contributed by atoms with van der Waals surface area (Å²) in [5, 5.41) is 2.54. The zero-order valence-corrected chi connectivity index (χ0v) is 16.3. The van der Waals surface area contributed by atoms with Crippen molar-refractivity contribution in [2.75, 3.05) is 18.0 Å². The quantitative estimate of drug-likeness (QED) is 0.809. The van der Waals surface area contributed by atoms with Crippen LogP contribution in [-0.2, 0) is 20.7 Å². The Kier molecular flexibility index (Phi) is 5.78. The first-order valence-electron chi connectivity index (χ1n) is 9.30. The standard InChI is InChI=1S/C22H24N2O4/c1-14-10-15(2)12-18(11-14)21(26)23-13-20(25)28-16(3)22(27)24-9-8-17-6-4-5-7-19(17)24/h4-7,10-12,16H,8-9,13H2,1-3H3,(H,23,26)/t16-/m1/s1. The highest BCUT2D eigenvalue weighted by Crippen LogP contribution is 2.28. The zero-order valence-electron chi connectivity index (χ0n) is 16.3. The summed E-state index contributed by atoms with van der Waals surface area (Å²) in [6.45, 7) is 5.64. The van der Waals surface area contributed by atoms with Crippen LogP contribution in [0, 0.1) is 13.8 Å². The number of benzene rings is 2. The van der Waals surface area contributed by atoms with E-state index < -0.39 is 12.1 Å². The van der Waals surface area contributed by atoms with E-state index in [1.54, 1.807) is 24.0 Å². The van der Waals surface area contributed by atoms with E-state index in [9.17, 15) is 14.4 Å². The second kappa shape index (κ2) is 8.25. The summed E-state index contributed by atoms with van der Waals surface area (Å²) in [6, 6.07) is 13.2. The van der Waals surface area contributed by atoms with E-state index in [1.165, 1.54) is 0 Å². The largest absolute Gasteiger partial charge is 0.451 e. The van der Waals surface area contributed by atoms with Crippen LogP contribution in [0.5, 0.6) is 0 Å². The Hall–Kier alpha value is -3.15. The molecule has 6 heteroatoms. The molecule has 1 N–H and O–H groups in total. The third-order valence-corrected chi connectivity index (χ3v) is 4.69. The minimum Gasteiger partial charge on any atom is -0.451 e. The number of hydrogen-bond donors (Lipinski definition) is 1. The molecule has 1 atom stereocenters. The summed E-state index contributed by atoms with van der Waals surface area (Å²) in [4.78, 5) is 38.6. The molecule has 3 rings (SSSR count). The summed E-state index contributed by atoms with van der Waals surface area (Å²) < 4.78 is 5.23. The van der Waals surface area contributed by atoms with Gasteiger partial charge in [-0.3, -0.25) is 14.4 Å². The normalized spacial score (nSPS) is 13.6. The van der Waals surface area contributed by atoms with Gasteiger partial charge in [0, 0.05) is 17.8 Å². The summed E-state index contributed by atoms with van der Waals surface area (Å²) in [5.74, 6) is -1.26. The van der Waals surface area contributed by atoms with Crippen LogP contribution >= 0.6 is 0 Å². The van der Waals surface area contributed by atoms with Crippen molar-refractivity contribution < 1.29 is 19.1 Å². The smallest absolute Gasteiger partial charge is 0.326 e. The van der Waals surface area contributed by atoms with Crippen molar-refractivity contribution in [3.8, 4) is 0 Å². The van der Waals surface area contributed by atoms with E-state index in [2.05, 4.69) is 5.32 Å².